The lowest BCUT2D eigenvalue weighted by molar-refractivity contribution is -0.150. The molecule has 1 aromatic heterocycles. The van der Waals surface area contributed by atoms with Gasteiger partial charge in [0, 0.05) is 11.8 Å². The first-order chi connectivity index (χ1) is 13.2. The van der Waals surface area contributed by atoms with Crippen LogP contribution in [0, 0.1) is 32.1 Å². The fourth-order valence-corrected chi connectivity index (χ4v) is 3.41. The van der Waals surface area contributed by atoms with E-state index in [0.29, 0.717) is 21.8 Å². The number of nitrogens with zero attached hydrogens (tertiary/aromatic N) is 1. The van der Waals surface area contributed by atoms with E-state index in [1.54, 1.807) is 6.92 Å². The van der Waals surface area contributed by atoms with Crippen molar-refractivity contribution in [3.63, 3.8) is 0 Å². The lowest BCUT2D eigenvalue weighted by Gasteiger charge is -2.16. The number of aryl methyl sites for hydroxylation is 3. The monoisotopic (exact) mass is 399 g/mol. The Balaban J connectivity index is 1.97. The molecule has 0 fully saturated rings. The minimum Gasteiger partial charge on any atom is -0.452 e. The van der Waals surface area contributed by atoms with Crippen LogP contribution in [0.25, 0.3) is 0 Å². The molecule has 146 valence electrons. The summed E-state index contributed by atoms with van der Waals surface area (Å²) in [6.07, 6.45) is -0.987. The fourth-order valence-electron chi connectivity index (χ4n) is 2.56. The first kappa shape index (κ1) is 21.3. The average Bonchev–Trinajstić information content (AvgIpc) is 2.62. The van der Waals surface area contributed by atoms with E-state index in [2.05, 4.69) is 10.3 Å². The number of carbonyl (C=O) groups excluding carboxylic acids is 2. The number of thioether (sulfide) groups is 1. The Bertz CT molecular complexity index is 987. The normalized spacial score (nSPS) is 11.4. The van der Waals surface area contributed by atoms with E-state index in [1.807, 2.05) is 38.1 Å². The molecule has 2 rings (SSSR count). The number of para-hydroxylation sites is 1. The molecule has 0 aliphatic rings. The molecule has 2 aromatic rings. The Morgan fingerprint density at radius 3 is 2.50 bits per heavy atom. The van der Waals surface area contributed by atoms with Crippen molar-refractivity contribution < 1.29 is 14.3 Å². The quantitative estimate of drug-likeness (QED) is 0.571. The molecule has 0 saturated carbocycles. The number of hydrogen-bond acceptors (Lipinski definition) is 6. The van der Waals surface area contributed by atoms with Gasteiger partial charge >= 0.3 is 5.97 Å². The van der Waals surface area contributed by atoms with Gasteiger partial charge in [-0.05, 0) is 44.4 Å². The number of aromatic nitrogens is 1. The van der Waals surface area contributed by atoms with Crippen LogP contribution in [0.1, 0.15) is 29.2 Å². The third-order valence-corrected chi connectivity index (χ3v) is 5.03. The highest BCUT2D eigenvalue weighted by molar-refractivity contribution is 7.99. The molecule has 0 aliphatic heterocycles. The highest BCUT2D eigenvalue weighted by Crippen LogP contribution is 2.22. The van der Waals surface area contributed by atoms with E-state index < -0.39 is 18.0 Å². The van der Waals surface area contributed by atoms with Crippen molar-refractivity contribution in [1.29, 1.82) is 5.26 Å². The van der Waals surface area contributed by atoms with Crippen LogP contribution < -0.4 is 10.9 Å². The lowest BCUT2D eigenvalue weighted by Crippen LogP contribution is -2.31. The first-order valence-corrected chi connectivity index (χ1v) is 9.55. The van der Waals surface area contributed by atoms with Crippen LogP contribution >= 0.6 is 11.8 Å². The summed E-state index contributed by atoms with van der Waals surface area (Å²) in [5.41, 5.74) is 3.00. The Morgan fingerprint density at radius 1 is 1.25 bits per heavy atom. The van der Waals surface area contributed by atoms with Crippen LogP contribution in [0.5, 0.6) is 0 Å². The molecular formula is C20H21N3O4S. The zero-order valence-electron chi connectivity index (χ0n) is 16.1. The third-order valence-electron chi connectivity index (χ3n) is 4.06. The van der Waals surface area contributed by atoms with Crippen LogP contribution in [-0.2, 0) is 14.3 Å². The molecule has 0 radical (unpaired) electrons. The average molecular weight is 399 g/mol. The summed E-state index contributed by atoms with van der Waals surface area (Å²) in [5.74, 6) is -1.20. The largest absolute Gasteiger partial charge is 0.452 e. The second kappa shape index (κ2) is 9.24. The van der Waals surface area contributed by atoms with E-state index in [0.717, 1.165) is 22.9 Å². The van der Waals surface area contributed by atoms with Gasteiger partial charge in [0.25, 0.3) is 5.91 Å². The third kappa shape index (κ3) is 5.24. The molecule has 1 heterocycles. The number of anilines is 1. The molecule has 7 nitrogen and oxygen atoms in total. The summed E-state index contributed by atoms with van der Waals surface area (Å²) in [6.45, 7) is 6.90. The first-order valence-electron chi connectivity index (χ1n) is 8.56. The number of rotatable bonds is 6. The molecule has 8 heteroatoms. The topological polar surface area (TPSA) is 112 Å². The fraction of sp³-hybridized carbons (Fsp3) is 0.300. The smallest absolute Gasteiger partial charge is 0.317 e. The number of nitrogens with one attached hydrogen (secondary N) is 2. The Morgan fingerprint density at radius 2 is 1.89 bits per heavy atom. The minimum atomic E-state index is -0.987. The van der Waals surface area contributed by atoms with Gasteiger partial charge in [-0.2, -0.15) is 5.26 Å². The van der Waals surface area contributed by atoms with Crippen molar-refractivity contribution in [2.24, 2.45) is 0 Å². The molecule has 0 spiro atoms. The SMILES string of the molecule is Cc1cc(=O)[nH]c(SCC(=O)O[C@H](C)C(=O)Nc2c(C)cccc2C)c1C#N. The van der Waals surface area contributed by atoms with Crippen molar-refractivity contribution >= 4 is 29.3 Å². The van der Waals surface area contributed by atoms with Gasteiger partial charge in [0.1, 0.15) is 6.07 Å². The Hall–Kier alpha value is -3.05. The Kier molecular flexibility index (Phi) is 7.01. The molecule has 28 heavy (non-hydrogen) atoms. The van der Waals surface area contributed by atoms with Gasteiger partial charge in [-0.3, -0.25) is 14.4 Å². The zero-order valence-corrected chi connectivity index (χ0v) is 16.9. The van der Waals surface area contributed by atoms with Crippen molar-refractivity contribution in [1.82, 2.24) is 4.98 Å². The second-order valence-corrected chi connectivity index (χ2v) is 7.29. The number of aromatic amines is 1. The minimum absolute atomic E-state index is 0.144. The lowest BCUT2D eigenvalue weighted by atomic mass is 10.1. The standard InChI is InChI=1S/C20H21N3O4S/c1-11-6-5-7-12(2)18(11)23-19(26)14(4)27-17(25)10-28-20-15(9-21)13(3)8-16(24)22-20/h5-8,14H,10H2,1-4H3,(H,22,24)(H,23,26)/t14-/m1/s1. The predicted octanol–water partition coefficient (Wildman–Crippen LogP) is 2.83. The number of nitriles is 1. The summed E-state index contributed by atoms with van der Waals surface area (Å²) in [5, 5.41) is 12.3. The molecule has 0 unspecified atom stereocenters. The van der Waals surface area contributed by atoms with Crippen molar-refractivity contribution in [3.05, 3.63) is 56.9 Å². The summed E-state index contributed by atoms with van der Waals surface area (Å²) in [6, 6.07) is 8.98. The van der Waals surface area contributed by atoms with Crippen LogP contribution in [-0.4, -0.2) is 28.7 Å². The van der Waals surface area contributed by atoms with Gasteiger partial charge in [0.05, 0.1) is 16.3 Å². The Labute approximate surface area is 167 Å². The van der Waals surface area contributed by atoms with Gasteiger partial charge < -0.3 is 15.0 Å². The van der Waals surface area contributed by atoms with E-state index in [1.165, 1.54) is 13.0 Å². The molecule has 1 atom stereocenters. The summed E-state index contributed by atoms with van der Waals surface area (Å²) in [4.78, 5) is 38.5. The predicted molar refractivity (Wildman–Crippen MR) is 107 cm³/mol. The number of esters is 1. The zero-order chi connectivity index (χ0) is 20.8. The maximum atomic E-state index is 12.3. The molecule has 0 saturated heterocycles. The van der Waals surface area contributed by atoms with Crippen molar-refractivity contribution in [2.75, 3.05) is 11.1 Å². The van der Waals surface area contributed by atoms with Crippen LogP contribution in [0.15, 0.2) is 34.1 Å². The number of pyridine rings is 1. The van der Waals surface area contributed by atoms with Crippen LogP contribution in [0.2, 0.25) is 0 Å². The van der Waals surface area contributed by atoms with Crippen molar-refractivity contribution in [2.45, 2.75) is 38.8 Å². The van der Waals surface area contributed by atoms with E-state index in [4.69, 9.17) is 4.74 Å². The second-order valence-electron chi connectivity index (χ2n) is 6.31. The molecule has 1 amide bonds. The molecular weight excluding hydrogens is 378 g/mol. The van der Waals surface area contributed by atoms with Gasteiger partial charge in [-0.15, -0.1) is 0 Å². The molecule has 0 bridgehead atoms. The van der Waals surface area contributed by atoms with Gasteiger partial charge in [0.2, 0.25) is 5.56 Å². The van der Waals surface area contributed by atoms with Gasteiger partial charge in [-0.25, -0.2) is 0 Å². The number of amides is 1. The number of benzene rings is 1. The van der Waals surface area contributed by atoms with Gasteiger partial charge in [-0.1, -0.05) is 30.0 Å². The summed E-state index contributed by atoms with van der Waals surface area (Å²) < 4.78 is 5.17. The molecule has 2 N–H and O–H groups in total. The summed E-state index contributed by atoms with van der Waals surface area (Å²) >= 11 is 0.986. The maximum absolute atomic E-state index is 12.3. The number of H-pyrrole nitrogens is 1. The number of carbonyl (C=O) groups is 2. The van der Waals surface area contributed by atoms with Crippen LogP contribution in [0.3, 0.4) is 0 Å². The van der Waals surface area contributed by atoms with E-state index in [-0.39, 0.29) is 11.3 Å². The van der Waals surface area contributed by atoms with E-state index in [9.17, 15) is 19.6 Å². The van der Waals surface area contributed by atoms with E-state index >= 15 is 0 Å². The highest BCUT2D eigenvalue weighted by atomic mass is 32.2. The number of hydrogen-bond donors (Lipinski definition) is 2. The maximum Gasteiger partial charge on any atom is 0.317 e. The highest BCUT2D eigenvalue weighted by Gasteiger charge is 2.20. The molecule has 1 aromatic carbocycles. The van der Waals surface area contributed by atoms with Gasteiger partial charge in [0.15, 0.2) is 6.10 Å². The summed E-state index contributed by atoms with van der Waals surface area (Å²) in [7, 11) is 0. The molecule has 0 aliphatic carbocycles. The van der Waals surface area contributed by atoms with Crippen LogP contribution in [0.4, 0.5) is 5.69 Å². The number of ether oxygens (including phenoxy) is 1. The van der Waals surface area contributed by atoms with Crippen molar-refractivity contribution in [3.8, 4) is 6.07 Å².